The van der Waals surface area contributed by atoms with Crippen molar-refractivity contribution in [2.24, 2.45) is 0 Å². The van der Waals surface area contributed by atoms with Gasteiger partial charge in [-0.1, -0.05) is 0 Å². The van der Waals surface area contributed by atoms with Crippen LogP contribution in [-0.4, -0.2) is 35.5 Å². The van der Waals surface area contributed by atoms with Crippen molar-refractivity contribution in [1.29, 1.82) is 0 Å². The SMILES string of the molecule is C[O-].C[O-].C[O-].C[O-].C[O-].[W]. The number of hydrogen-bond acceptors (Lipinski definition) is 5. The van der Waals surface area contributed by atoms with Gasteiger partial charge in [-0.2, -0.15) is 35.5 Å². The Morgan fingerprint density at radius 2 is 0.364 bits per heavy atom. The van der Waals surface area contributed by atoms with Crippen molar-refractivity contribution in [1.82, 2.24) is 0 Å². The monoisotopic (exact) mass is 339 g/mol. The Labute approximate surface area is 82.6 Å². The van der Waals surface area contributed by atoms with Crippen LogP contribution in [0.2, 0.25) is 0 Å². The summed E-state index contributed by atoms with van der Waals surface area (Å²) in [6.45, 7) is 0. The second-order valence-corrected chi connectivity index (χ2v) is 0. The van der Waals surface area contributed by atoms with E-state index in [1.807, 2.05) is 0 Å². The molecule has 0 aliphatic heterocycles. The van der Waals surface area contributed by atoms with Crippen LogP contribution in [-0.2, 0) is 21.1 Å². The summed E-state index contributed by atoms with van der Waals surface area (Å²) in [5, 5.41) is 41.2. The molecule has 5 nitrogen and oxygen atoms in total. The molecule has 0 aromatic carbocycles. The molecule has 0 radical (unpaired) electrons. The van der Waals surface area contributed by atoms with Gasteiger partial charge in [0.25, 0.3) is 0 Å². The number of hydrogen-bond donors (Lipinski definition) is 0. The van der Waals surface area contributed by atoms with Gasteiger partial charge in [-0.15, -0.1) is 0 Å². The fourth-order valence-corrected chi connectivity index (χ4v) is 0. The Morgan fingerprint density at radius 3 is 0.364 bits per heavy atom. The summed E-state index contributed by atoms with van der Waals surface area (Å²) in [6, 6.07) is 0. The summed E-state index contributed by atoms with van der Waals surface area (Å²) in [5.74, 6) is 0. The van der Waals surface area contributed by atoms with Crippen LogP contribution in [0.3, 0.4) is 0 Å². The van der Waals surface area contributed by atoms with Gasteiger partial charge in [0.1, 0.15) is 0 Å². The van der Waals surface area contributed by atoms with Crippen LogP contribution in [0.25, 0.3) is 0 Å². The first-order valence-corrected chi connectivity index (χ1v) is 2.04. The summed E-state index contributed by atoms with van der Waals surface area (Å²) in [4.78, 5) is 0. The molecule has 0 amide bonds. The van der Waals surface area contributed by atoms with Gasteiger partial charge >= 0.3 is 0 Å². The van der Waals surface area contributed by atoms with Crippen LogP contribution in [0.5, 0.6) is 0 Å². The summed E-state index contributed by atoms with van der Waals surface area (Å²) in [5.41, 5.74) is 0. The molecule has 0 unspecified atom stereocenters. The maximum absolute atomic E-state index is 8.25. The molecule has 11 heavy (non-hydrogen) atoms. The van der Waals surface area contributed by atoms with Crippen molar-refractivity contribution in [3.63, 3.8) is 0 Å². The Kier molecular flexibility index (Phi) is 15100. The van der Waals surface area contributed by atoms with E-state index in [4.69, 9.17) is 25.5 Å². The van der Waals surface area contributed by atoms with E-state index < -0.39 is 0 Å². The zero-order chi connectivity index (χ0) is 10.0. The molecule has 0 bridgehead atoms. The summed E-state index contributed by atoms with van der Waals surface area (Å²) in [6.07, 6.45) is 0. The van der Waals surface area contributed by atoms with Crippen LogP contribution < -0.4 is 25.5 Å². The van der Waals surface area contributed by atoms with Crippen molar-refractivity contribution in [3.8, 4) is 0 Å². The third-order valence-electron chi connectivity index (χ3n) is 0. The van der Waals surface area contributed by atoms with Crippen LogP contribution in [0.1, 0.15) is 0 Å². The standard InChI is InChI=1S/5CH3O.W/c5*1-2;/h5*1H3;/q5*-1;. The molecule has 6 heteroatoms. The van der Waals surface area contributed by atoms with Crippen LogP contribution >= 0.6 is 0 Å². The Morgan fingerprint density at radius 1 is 0.364 bits per heavy atom. The van der Waals surface area contributed by atoms with E-state index in [9.17, 15) is 0 Å². The van der Waals surface area contributed by atoms with E-state index in [-0.39, 0.29) is 21.1 Å². The van der Waals surface area contributed by atoms with Gasteiger partial charge in [0.15, 0.2) is 0 Å². The number of rotatable bonds is 0. The maximum atomic E-state index is 8.25. The third-order valence-corrected chi connectivity index (χ3v) is 0. The zero-order valence-electron chi connectivity index (χ0n) is 7.45. The first-order valence-electron chi connectivity index (χ1n) is 2.04. The van der Waals surface area contributed by atoms with Crippen molar-refractivity contribution in [2.45, 2.75) is 0 Å². The van der Waals surface area contributed by atoms with E-state index >= 15 is 0 Å². The van der Waals surface area contributed by atoms with Gasteiger partial charge in [-0.25, -0.2) is 0 Å². The van der Waals surface area contributed by atoms with Crippen LogP contribution in [0.15, 0.2) is 0 Å². The molecule has 0 saturated heterocycles. The average Bonchev–Trinajstić information content (AvgIpc) is 2.20. The molecule has 0 rings (SSSR count). The van der Waals surface area contributed by atoms with Crippen molar-refractivity contribution >= 4 is 0 Å². The topological polar surface area (TPSA) is 115 Å². The maximum Gasteiger partial charge on any atom is 0 e. The molecular formula is C5H15O5W-5. The first-order chi connectivity index (χ1) is 5.00. The van der Waals surface area contributed by atoms with Crippen LogP contribution in [0, 0.1) is 0 Å². The molecule has 0 aromatic heterocycles. The van der Waals surface area contributed by atoms with Crippen molar-refractivity contribution < 1.29 is 46.6 Å². The fraction of sp³-hybridized carbons (Fsp3) is 1.00. The van der Waals surface area contributed by atoms with Crippen molar-refractivity contribution in [3.05, 3.63) is 0 Å². The van der Waals surface area contributed by atoms with Gasteiger partial charge in [-0.05, 0) is 0 Å². The van der Waals surface area contributed by atoms with E-state index in [2.05, 4.69) is 0 Å². The minimum absolute atomic E-state index is 0. The molecular weight excluding hydrogens is 324 g/mol. The predicted octanol–water partition coefficient (Wildman–Crippen LogP) is -5.12. The quantitative estimate of drug-likeness (QED) is 0.438. The molecule has 76 valence electrons. The van der Waals surface area contributed by atoms with Gasteiger partial charge < -0.3 is 25.5 Å². The van der Waals surface area contributed by atoms with Crippen molar-refractivity contribution in [2.75, 3.05) is 35.5 Å². The third kappa shape index (κ3) is 3170. The second kappa shape index (κ2) is 3960. The molecule has 0 saturated carbocycles. The molecule has 0 atom stereocenters. The van der Waals surface area contributed by atoms with E-state index in [0.717, 1.165) is 35.5 Å². The molecule has 0 aromatic rings. The fourth-order valence-electron chi connectivity index (χ4n) is 0. The van der Waals surface area contributed by atoms with Gasteiger partial charge in [0, 0.05) is 21.1 Å². The molecule has 0 aliphatic rings. The summed E-state index contributed by atoms with van der Waals surface area (Å²) in [7, 11) is 3.75. The summed E-state index contributed by atoms with van der Waals surface area (Å²) >= 11 is 0. The molecule has 0 heterocycles. The molecule has 0 fully saturated rings. The van der Waals surface area contributed by atoms with Gasteiger partial charge in [0.2, 0.25) is 0 Å². The Hall–Kier alpha value is 0.488. The molecule has 0 N–H and O–H groups in total. The largest absolute Gasteiger partial charge is 0.857 e. The average molecular weight is 339 g/mol. The Bertz CT molecular complexity index is 14.8. The van der Waals surface area contributed by atoms with Gasteiger partial charge in [-0.3, -0.25) is 0 Å². The van der Waals surface area contributed by atoms with Gasteiger partial charge in [0.05, 0.1) is 0 Å². The molecule has 0 spiro atoms. The Balaban J connectivity index is -0.00000000694. The van der Waals surface area contributed by atoms with E-state index in [1.165, 1.54) is 0 Å². The van der Waals surface area contributed by atoms with E-state index in [0.29, 0.717) is 0 Å². The normalized spacial score (nSPS) is 2.73. The smallest absolute Gasteiger partial charge is 0 e. The predicted molar refractivity (Wildman–Crippen MR) is 29.6 cm³/mol. The first kappa shape index (κ1) is 42.0. The van der Waals surface area contributed by atoms with Crippen LogP contribution in [0.4, 0.5) is 0 Å². The zero-order valence-corrected chi connectivity index (χ0v) is 10.4. The summed E-state index contributed by atoms with van der Waals surface area (Å²) < 4.78 is 0. The van der Waals surface area contributed by atoms with E-state index in [1.54, 1.807) is 0 Å². The minimum Gasteiger partial charge on any atom is -0.857 e. The molecule has 0 aliphatic carbocycles. The minimum atomic E-state index is 0. The second-order valence-electron chi connectivity index (χ2n) is 0.